The molecule has 1 amide bonds. The van der Waals surface area contributed by atoms with Crippen LogP contribution in [0.15, 0.2) is 66.2 Å². The van der Waals surface area contributed by atoms with Crippen molar-refractivity contribution in [2.75, 3.05) is 12.8 Å². The van der Waals surface area contributed by atoms with Crippen molar-refractivity contribution < 1.29 is 13.2 Å². The fourth-order valence-electron chi connectivity index (χ4n) is 4.54. The summed E-state index contributed by atoms with van der Waals surface area (Å²) in [5.41, 5.74) is 3.47. The highest BCUT2D eigenvalue weighted by atomic mass is 32.2. The van der Waals surface area contributed by atoms with Gasteiger partial charge in [-0.3, -0.25) is 9.48 Å². The zero-order valence-corrected chi connectivity index (χ0v) is 21.0. The van der Waals surface area contributed by atoms with Crippen LogP contribution >= 0.6 is 0 Å². The Morgan fingerprint density at radius 3 is 2.67 bits per heavy atom. The lowest BCUT2D eigenvalue weighted by atomic mass is 9.99. The molecule has 1 aliphatic heterocycles. The number of likely N-dealkylation sites (tertiary alicyclic amines) is 1. The van der Waals surface area contributed by atoms with Crippen LogP contribution < -0.4 is 0 Å². The first-order valence-corrected chi connectivity index (χ1v) is 13.7. The third-order valence-corrected chi connectivity index (χ3v) is 7.32. The van der Waals surface area contributed by atoms with Crippen molar-refractivity contribution in [1.29, 1.82) is 0 Å². The van der Waals surface area contributed by atoms with E-state index in [0.29, 0.717) is 30.0 Å². The van der Waals surface area contributed by atoms with Gasteiger partial charge in [0.1, 0.15) is 0 Å². The third kappa shape index (κ3) is 4.92. The summed E-state index contributed by atoms with van der Waals surface area (Å²) in [5, 5.41) is 13.0. The van der Waals surface area contributed by atoms with Crippen LogP contribution in [0.3, 0.4) is 0 Å². The smallest absolute Gasteiger partial charge is 0.256 e. The summed E-state index contributed by atoms with van der Waals surface area (Å²) >= 11 is 0. The largest absolute Gasteiger partial charge is 0.334 e. The van der Waals surface area contributed by atoms with E-state index < -0.39 is 9.84 Å². The van der Waals surface area contributed by atoms with Crippen molar-refractivity contribution in [3.05, 3.63) is 72.3 Å². The van der Waals surface area contributed by atoms with E-state index in [-0.39, 0.29) is 17.0 Å². The molecule has 11 heteroatoms. The summed E-state index contributed by atoms with van der Waals surface area (Å²) in [6.07, 6.45) is 10.7. The molecule has 1 aliphatic rings. The number of piperidine rings is 1. The summed E-state index contributed by atoms with van der Waals surface area (Å²) in [6.45, 7) is 3.15. The molecule has 0 N–H and O–H groups in total. The Labute approximate surface area is 209 Å². The highest BCUT2D eigenvalue weighted by Gasteiger charge is 2.30. The van der Waals surface area contributed by atoms with Crippen molar-refractivity contribution in [2.45, 2.75) is 43.8 Å². The number of sulfone groups is 1. The van der Waals surface area contributed by atoms with Crippen LogP contribution in [-0.4, -0.2) is 67.8 Å². The highest BCUT2D eigenvalue weighted by molar-refractivity contribution is 7.90. The zero-order valence-electron chi connectivity index (χ0n) is 20.1. The summed E-state index contributed by atoms with van der Waals surface area (Å²) in [4.78, 5) is 21.5. The number of aromatic nitrogens is 6. The first-order chi connectivity index (χ1) is 17.3. The summed E-state index contributed by atoms with van der Waals surface area (Å²) in [5.74, 6) is -0.0504. The highest BCUT2D eigenvalue weighted by Crippen LogP contribution is 2.25. The molecule has 0 unspecified atom stereocenters. The molecule has 1 saturated heterocycles. The Kier molecular flexibility index (Phi) is 6.40. The molecular weight excluding hydrogens is 478 g/mol. The third-order valence-electron chi connectivity index (χ3n) is 6.33. The maximum atomic E-state index is 13.8. The maximum Gasteiger partial charge on any atom is 0.256 e. The molecule has 186 valence electrons. The van der Waals surface area contributed by atoms with E-state index in [9.17, 15) is 13.2 Å². The van der Waals surface area contributed by atoms with E-state index >= 15 is 0 Å². The number of benzene rings is 1. The van der Waals surface area contributed by atoms with Gasteiger partial charge in [0.2, 0.25) is 0 Å². The average molecular weight is 506 g/mol. The van der Waals surface area contributed by atoms with Crippen LogP contribution in [0.5, 0.6) is 0 Å². The number of pyridine rings is 1. The van der Waals surface area contributed by atoms with Gasteiger partial charge in [0.05, 0.1) is 48.1 Å². The van der Waals surface area contributed by atoms with Crippen molar-refractivity contribution in [3.8, 4) is 16.9 Å². The van der Waals surface area contributed by atoms with E-state index in [1.54, 1.807) is 35.4 Å². The standard InChI is InChI=1S/C25H27N7O3S/c1-18-9-10-23(32-26-11-12-27-32)21(14-18)25(33)31-13-4-3-6-20(31)17-30-16-19(15-28-30)22-7-5-8-24(29-22)36(2,34)35/h5,7-12,14-16,20H,3-4,6,13,17H2,1-2H3/t20-/m0/s1. The van der Waals surface area contributed by atoms with Gasteiger partial charge in [-0.05, 0) is 50.5 Å². The second-order valence-electron chi connectivity index (χ2n) is 9.07. The van der Waals surface area contributed by atoms with Gasteiger partial charge in [0, 0.05) is 24.6 Å². The number of carbonyl (C=O) groups excluding carboxylic acids is 1. The van der Waals surface area contributed by atoms with Gasteiger partial charge in [-0.1, -0.05) is 17.7 Å². The molecule has 0 aliphatic carbocycles. The van der Waals surface area contributed by atoms with Crippen LogP contribution in [0.2, 0.25) is 0 Å². The molecular formula is C25H27N7O3S. The Morgan fingerprint density at radius 2 is 1.89 bits per heavy atom. The first kappa shape index (κ1) is 23.9. The minimum absolute atomic E-state index is 0.0254. The average Bonchev–Trinajstić information content (AvgIpc) is 3.56. The van der Waals surface area contributed by atoms with Gasteiger partial charge in [-0.15, -0.1) is 0 Å². The molecule has 1 atom stereocenters. The van der Waals surface area contributed by atoms with Gasteiger partial charge in [0.15, 0.2) is 14.9 Å². The molecule has 4 heterocycles. The molecule has 1 aromatic carbocycles. The number of hydrogen-bond donors (Lipinski definition) is 0. The molecule has 3 aromatic heterocycles. The lowest BCUT2D eigenvalue weighted by Crippen LogP contribution is -2.46. The minimum atomic E-state index is -3.41. The van der Waals surface area contributed by atoms with Crippen molar-refractivity contribution in [3.63, 3.8) is 0 Å². The Bertz CT molecular complexity index is 1500. The van der Waals surface area contributed by atoms with Crippen LogP contribution in [0, 0.1) is 6.92 Å². The number of hydrogen-bond acceptors (Lipinski definition) is 7. The zero-order chi connectivity index (χ0) is 25.3. The molecule has 0 radical (unpaired) electrons. The van der Waals surface area contributed by atoms with Crippen molar-refractivity contribution in [2.24, 2.45) is 0 Å². The second-order valence-corrected chi connectivity index (χ2v) is 11.0. The van der Waals surface area contributed by atoms with Crippen LogP contribution in [0.25, 0.3) is 16.9 Å². The summed E-state index contributed by atoms with van der Waals surface area (Å²) in [6, 6.07) is 10.6. The van der Waals surface area contributed by atoms with E-state index in [1.165, 1.54) is 10.9 Å². The van der Waals surface area contributed by atoms with E-state index in [4.69, 9.17) is 0 Å². The molecule has 10 nitrogen and oxygen atoms in total. The van der Waals surface area contributed by atoms with Crippen molar-refractivity contribution >= 4 is 15.7 Å². The lowest BCUT2D eigenvalue weighted by molar-refractivity contribution is 0.0583. The van der Waals surface area contributed by atoms with Gasteiger partial charge >= 0.3 is 0 Å². The number of amides is 1. The van der Waals surface area contributed by atoms with Crippen LogP contribution in [0.1, 0.15) is 35.2 Å². The van der Waals surface area contributed by atoms with Gasteiger partial charge in [-0.25, -0.2) is 13.4 Å². The van der Waals surface area contributed by atoms with E-state index in [2.05, 4.69) is 20.3 Å². The molecule has 5 rings (SSSR count). The predicted octanol–water partition coefficient (Wildman–Crippen LogP) is 2.93. The van der Waals surface area contributed by atoms with E-state index in [0.717, 1.165) is 36.6 Å². The van der Waals surface area contributed by atoms with Gasteiger partial charge < -0.3 is 4.90 Å². The molecule has 0 bridgehead atoms. The fourth-order valence-corrected chi connectivity index (χ4v) is 5.13. The number of rotatable bonds is 6. The molecule has 36 heavy (non-hydrogen) atoms. The molecule has 4 aromatic rings. The monoisotopic (exact) mass is 505 g/mol. The topological polar surface area (TPSA) is 116 Å². The predicted molar refractivity (Wildman–Crippen MR) is 133 cm³/mol. The quantitative estimate of drug-likeness (QED) is 0.396. The molecule has 0 saturated carbocycles. The summed E-state index contributed by atoms with van der Waals surface area (Å²) in [7, 11) is -3.41. The maximum absolute atomic E-state index is 13.8. The summed E-state index contributed by atoms with van der Waals surface area (Å²) < 4.78 is 25.6. The van der Waals surface area contributed by atoms with Crippen molar-refractivity contribution in [1.82, 2.24) is 34.7 Å². The van der Waals surface area contributed by atoms with Crippen LogP contribution in [0.4, 0.5) is 0 Å². The Balaban J connectivity index is 1.40. The molecule has 1 fully saturated rings. The fraction of sp³-hybridized carbons (Fsp3) is 0.320. The Hall–Kier alpha value is -3.86. The van der Waals surface area contributed by atoms with Gasteiger partial charge in [0.25, 0.3) is 5.91 Å². The van der Waals surface area contributed by atoms with Gasteiger partial charge in [-0.2, -0.15) is 20.1 Å². The minimum Gasteiger partial charge on any atom is -0.334 e. The number of carbonyl (C=O) groups is 1. The Morgan fingerprint density at radius 1 is 1.08 bits per heavy atom. The van der Waals surface area contributed by atoms with Crippen LogP contribution in [-0.2, 0) is 16.4 Å². The normalized spacial score (nSPS) is 16.3. The molecule has 0 spiro atoms. The lowest BCUT2D eigenvalue weighted by Gasteiger charge is -2.36. The van der Waals surface area contributed by atoms with E-state index in [1.807, 2.05) is 36.2 Å². The number of aryl methyl sites for hydroxylation is 1. The number of nitrogens with zero attached hydrogens (tertiary/aromatic N) is 7. The first-order valence-electron chi connectivity index (χ1n) is 11.8. The SMILES string of the molecule is Cc1ccc(-n2nccn2)c(C(=O)N2CCCC[C@H]2Cn2cc(-c3cccc(S(C)(=O)=O)n3)cn2)c1. The second kappa shape index (κ2) is 9.65.